The first-order chi connectivity index (χ1) is 6.52. The molecule has 0 radical (unpaired) electrons. The summed E-state index contributed by atoms with van der Waals surface area (Å²) in [7, 11) is 0. The molecule has 0 aliphatic heterocycles. The van der Waals surface area contributed by atoms with Crippen molar-refractivity contribution in [3.8, 4) is 0 Å². The minimum absolute atomic E-state index is 0.0246. The number of carboxylic acids is 1. The molecule has 0 atom stereocenters. The number of carbonyl (C=O) groups excluding carboxylic acids is 2. The summed E-state index contributed by atoms with van der Waals surface area (Å²) < 4.78 is 0. The zero-order valence-corrected chi connectivity index (χ0v) is 7.78. The number of amides is 2. The van der Waals surface area contributed by atoms with Crippen LogP contribution in [0.5, 0.6) is 0 Å². The average Bonchev–Trinajstić information content (AvgIpc) is 2.02. The van der Waals surface area contributed by atoms with Gasteiger partial charge in [-0.15, -0.1) is 0 Å². The first kappa shape index (κ1) is 12.4. The summed E-state index contributed by atoms with van der Waals surface area (Å²) >= 11 is 0. The van der Waals surface area contributed by atoms with E-state index < -0.39 is 11.9 Å². The smallest absolute Gasteiger partial charge is 0.303 e. The molecule has 0 fully saturated rings. The standard InChI is InChI=1S/C8H14N2O4/c9-6(11)4-5-10-7(12)2-1-3-8(13)14/h1-5H2,(H2,9,11)(H,10,12)(H,13,14). The SMILES string of the molecule is NC(=O)CCNC(=O)CCCC(=O)O. The van der Waals surface area contributed by atoms with Crippen molar-refractivity contribution in [3.05, 3.63) is 0 Å². The predicted octanol–water partition coefficient (Wildman–Crippen LogP) is -0.767. The Hall–Kier alpha value is -1.59. The first-order valence-corrected chi connectivity index (χ1v) is 4.29. The van der Waals surface area contributed by atoms with Gasteiger partial charge in [0.15, 0.2) is 0 Å². The molecule has 4 N–H and O–H groups in total. The third-order valence-corrected chi connectivity index (χ3v) is 1.49. The molecular weight excluding hydrogens is 188 g/mol. The number of rotatable bonds is 7. The Morgan fingerprint density at radius 3 is 2.29 bits per heavy atom. The number of primary amides is 1. The number of hydrogen-bond acceptors (Lipinski definition) is 3. The van der Waals surface area contributed by atoms with Gasteiger partial charge in [-0.2, -0.15) is 0 Å². The van der Waals surface area contributed by atoms with Crippen LogP contribution in [0.15, 0.2) is 0 Å². The van der Waals surface area contributed by atoms with Crippen molar-refractivity contribution in [1.82, 2.24) is 5.32 Å². The second kappa shape index (κ2) is 6.88. The Morgan fingerprint density at radius 2 is 1.79 bits per heavy atom. The lowest BCUT2D eigenvalue weighted by atomic mass is 10.2. The minimum atomic E-state index is -0.921. The summed E-state index contributed by atoms with van der Waals surface area (Å²) in [6.07, 6.45) is 0.538. The van der Waals surface area contributed by atoms with Crippen LogP contribution in [0.1, 0.15) is 25.7 Å². The molecule has 6 nitrogen and oxygen atoms in total. The highest BCUT2D eigenvalue weighted by atomic mass is 16.4. The number of carbonyl (C=O) groups is 3. The third kappa shape index (κ3) is 8.51. The van der Waals surface area contributed by atoms with Crippen molar-refractivity contribution in [2.24, 2.45) is 5.73 Å². The molecule has 80 valence electrons. The second-order valence-corrected chi connectivity index (χ2v) is 2.81. The van der Waals surface area contributed by atoms with Gasteiger partial charge in [-0.05, 0) is 6.42 Å². The van der Waals surface area contributed by atoms with Gasteiger partial charge in [0.1, 0.15) is 0 Å². The Kier molecular flexibility index (Phi) is 6.09. The molecule has 0 rings (SSSR count). The summed E-state index contributed by atoms with van der Waals surface area (Å²) in [5.41, 5.74) is 4.85. The van der Waals surface area contributed by atoms with Crippen molar-refractivity contribution in [1.29, 1.82) is 0 Å². The topological polar surface area (TPSA) is 109 Å². The van der Waals surface area contributed by atoms with E-state index in [9.17, 15) is 14.4 Å². The molecule has 0 unspecified atom stereocenters. The van der Waals surface area contributed by atoms with Gasteiger partial charge in [-0.1, -0.05) is 0 Å². The summed E-state index contributed by atoms with van der Waals surface area (Å²) in [5.74, 6) is -1.65. The first-order valence-electron chi connectivity index (χ1n) is 4.29. The molecular formula is C8H14N2O4. The highest BCUT2D eigenvalue weighted by Gasteiger charge is 2.03. The van der Waals surface area contributed by atoms with Crippen LogP contribution in [0.2, 0.25) is 0 Å². The fourth-order valence-electron chi connectivity index (χ4n) is 0.814. The van der Waals surface area contributed by atoms with E-state index in [1.807, 2.05) is 0 Å². The van der Waals surface area contributed by atoms with Crippen LogP contribution in [0, 0.1) is 0 Å². The predicted molar refractivity (Wildman–Crippen MR) is 48.3 cm³/mol. The summed E-state index contributed by atoms with van der Waals surface area (Å²) in [6.45, 7) is 0.210. The van der Waals surface area contributed by atoms with Gasteiger partial charge < -0.3 is 16.2 Å². The second-order valence-electron chi connectivity index (χ2n) is 2.81. The fourth-order valence-corrected chi connectivity index (χ4v) is 0.814. The van der Waals surface area contributed by atoms with Gasteiger partial charge in [0.25, 0.3) is 0 Å². The number of hydrogen-bond donors (Lipinski definition) is 3. The Balaban J connectivity index is 3.37. The molecule has 2 amide bonds. The van der Waals surface area contributed by atoms with Gasteiger partial charge >= 0.3 is 5.97 Å². The van der Waals surface area contributed by atoms with E-state index >= 15 is 0 Å². The normalized spacial score (nSPS) is 9.43. The van der Waals surface area contributed by atoms with Gasteiger partial charge in [-0.25, -0.2) is 0 Å². The van der Waals surface area contributed by atoms with Crippen molar-refractivity contribution >= 4 is 17.8 Å². The molecule has 14 heavy (non-hydrogen) atoms. The molecule has 0 aromatic carbocycles. The van der Waals surface area contributed by atoms with Crippen LogP contribution in [-0.2, 0) is 14.4 Å². The third-order valence-electron chi connectivity index (χ3n) is 1.49. The van der Waals surface area contributed by atoms with E-state index in [0.29, 0.717) is 6.42 Å². The fraction of sp³-hybridized carbons (Fsp3) is 0.625. The Morgan fingerprint density at radius 1 is 1.14 bits per heavy atom. The molecule has 0 spiro atoms. The largest absolute Gasteiger partial charge is 0.481 e. The maximum absolute atomic E-state index is 10.9. The Bertz CT molecular complexity index is 205. The highest BCUT2D eigenvalue weighted by Crippen LogP contribution is 1.94. The molecule has 0 heterocycles. The van der Waals surface area contributed by atoms with E-state index in [-0.39, 0.29) is 31.7 Å². The number of aliphatic carboxylic acids is 1. The van der Waals surface area contributed by atoms with Gasteiger partial charge in [0.05, 0.1) is 0 Å². The quantitative estimate of drug-likeness (QED) is 0.503. The summed E-state index contributed by atoms with van der Waals surface area (Å²) in [4.78, 5) is 31.3. The molecule has 0 aliphatic rings. The lowest BCUT2D eigenvalue weighted by Crippen LogP contribution is -2.27. The van der Waals surface area contributed by atoms with Crippen molar-refractivity contribution in [2.45, 2.75) is 25.7 Å². The zero-order chi connectivity index (χ0) is 11.0. The van der Waals surface area contributed by atoms with Crippen LogP contribution in [0.25, 0.3) is 0 Å². The maximum Gasteiger partial charge on any atom is 0.303 e. The monoisotopic (exact) mass is 202 g/mol. The average molecular weight is 202 g/mol. The van der Waals surface area contributed by atoms with Crippen LogP contribution >= 0.6 is 0 Å². The molecule has 0 bridgehead atoms. The Labute approximate surface area is 81.5 Å². The molecule has 0 saturated heterocycles. The highest BCUT2D eigenvalue weighted by molar-refractivity contribution is 5.78. The lowest BCUT2D eigenvalue weighted by Gasteiger charge is -2.01. The molecule has 0 saturated carbocycles. The zero-order valence-electron chi connectivity index (χ0n) is 7.78. The van der Waals surface area contributed by atoms with E-state index in [4.69, 9.17) is 10.8 Å². The van der Waals surface area contributed by atoms with Crippen LogP contribution in [-0.4, -0.2) is 29.4 Å². The van der Waals surface area contributed by atoms with Crippen molar-refractivity contribution in [3.63, 3.8) is 0 Å². The number of carboxylic acid groups (broad SMARTS) is 1. The van der Waals surface area contributed by atoms with Gasteiger partial charge in [0, 0.05) is 25.8 Å². The van der Waals surface area contributed by atoms with E-state index in [1.165, 1.54) is 0 Å². The molecule has 0 aromatic rings. The summed E-state index contributed by atoms with van der Waals surface area (Å²) in [6, 6.07) is 0. The molecule has 6 heteroatoms. The summed E-state index contributed by atoms with van der Waals surface area (Å²) in [5, 5.41) is 10.7. The number of nitrogens with one attached hydrogen (secondary N) is 1. The van der Waals surface area contributed by atoms with E-state index in [2.05, 4.69) is 5.32 Å². The van der Waals surface area contributed by atoms with Gasteiger partial charge in [0.2, 0.25) is 11.8 Å². The van der Waals surface area contributed by atoms with Crippen molar-refractivity contribution < 1.29 is 19.5 Å². The minimum Gasteiger partial charge on any atom is -0.481 e. The van der Waals surface area contributed by atoms with Crippen LogP contribution in [0.3, 0.4) is 0 Å². The van der Waals surface area contributed by atoms with E-state index in [0.717, 1.165) is 0 Å². The van der Waals surface area contributed by atoms with E-state index in [1.54, 1.807) is 0 Å². The molecule has 0 aliphatic carbocycles. The van der Waals surface area contributed by atoms with Gasteiger partial charge in [-0.3, -0.25) is 14.4 Å². The van der Waals surface area contributed by atoms with Crippen LogP contribution < -0.4 is 11.1 Å². The van der Waals surface area contributed by atoms with Crippen LogP contribution in [0.4, 0.5) is 0 Å². The lowest BCUT2D eigenvalue weighted by molar-refractivity contribution is -0.137. The van der Waals surface area contributed by atoms with Crippen molar-refractivity contribution in [2.75, 3.05) is 6.54 Å². The molecule has 0 aromatic heterocycles. The maximum atomic E-state index is 10.9. The number of nitrogens with two attached hydrogens (primary N) is 1.